The smallest absolute Gasteiger partial charge is 0.340 e. The number of carbonyl (C=O) groups is 1. The van der Waals surface area contributed by atoms with E-state index in [1.165, 1.54) is 7.11 Å². The third-order valence-corrected chi connectivity index (χ3v) is 4.86. The van der Waals surface area contributed by atoms with Crippen molar-refractivity contribution >= 4 is 16.9 Å². The van der Waals surface area contributed by atoms with Crippen LogP contribution < -0.4 is 4.74 Å². The molecule has 4 rings (SSSR count). The number of rotatable bonds is 2. The molecule has 6 nitrogen and oxygen atoms in total. The molecule has 1 aliphatic rings. The molecule has 0 aliphatic carbocycles. The standard InChI is InChI=1S/C19H17NO5/c1-25-12-6-7-13-14(9-12)17(21)19(24,18(22)23)10-20-15-5-3-2-4-11(15)8-16(13)20/h2-9,17,21,24H,10H2,1H3,(H,22,23). The van der Waals surface area contributed by atoms with Gasteiger partial charge in [0, 0.05) is 22.2 Å². The zero-order valence-corrected chi connectivity index (χ0v) is 13.5. The van der Waals surface area contributed by atoms with Crippen molar-refractivity contribution in [2.24, 2.45) is 0 Å². The third kappa shape index (κ3) is 2.15. The van der Waals surface area contributed by atoms with Crippen LogP contribution in [0.1, 0.15) is 11.7 Å². The Balaban J connectivity index is 2.09. The molecule has 0 spiro atoms. The fourth-order valence-electron chi connectivity index (χ4n) is 3.50. The zero-order valence-electron chi connectivity index (χ0n) is 13.5. The predicted molar refractivity (Wildman–Crippen MR) is 91.5 cm³/mol. The molecule has 2 aromatic carbocycles. The Bertz CT molecular complexity index is 993. The molecule has 3 aromatic rings. The summed E-state index contributed by atoms with van der Waals surface area (Å²) in [4.78, 5) is 11.8. The molecule has 0 saturated carbocycles. The molecule has 2 heterocycles. The van der Waals surface area contributed by atoms with Crippen LogP contribution in [0.4, 0.5) is 0 Å². The number of fused-ring (bicyclic) bond motifs is 5. The zero-order chi connectivity index (χ0) is 17.8. The molecule has 0 fully saturated rings. The molecule has 25 heavy (non-hydrogen) atoms. The maximum absolute atomic E-state index is 11.8. The van der Waals surface area contributed by atoms with Crippen molar-refractivity contribution in [3.05, 3.63) is 54.1 Å². The van der Waals surface area contributed by atoms with Gasteiger partial charge in [0.2, 0.25) is 5.60 Å². The first-order chi connectivity index (χ1) is 12.0. The van der Waals surface area contributed by atoms with Crippen molar-refractivity contribution in [3.63, 3.8) is 0 Å². The second kappa shape index (κ2) is 5.34. The monoisotopic (exact) mass is 339 g/mol. The molecule has 0 radical (unpaired) electrons. The number of aliphatic hydroxyl groups excluding tert-OH is 1. The number of carboxylic acid groups (broad SMARTS) is 1. The van der Waals surface area contributed by atoms with Crippen molar-refractivity contribution in [3.8, 4) is 17.0 Å². The van der Waals surface area contributed by atoms with Crippen molar-refractivity contribution in [2.45, 2.75) is 18.2 Å². The molecular weight excluding hydrogens is 322 g/mol. The van der Waals surface area contributed by atoms with Gasteiger partial charge in [-0.3, -0.25) is 0 Å². The van der Waals surface area contributed by atoms with Crippen LogP contribution in [0.25, 0.3) is 22.2 Å². The van der Waals surface area contributed by atoms with Crippen molar-refractivity contribution in [2.75, 3.05) is 7.11 Å². The van der Waals surface area contributed by atoms with E-state index in [1.807, 2.05) is 30.3 Å². The van der Waals surface area contributed by atoms with Crippen molar-refractivity contribution in [1.82, 2.24) is 4.57 Å². The number of ether oxygens (including phenoxy) is 1. The quantitative estimate of drug-likeness (QED) is 0.666. The highest BCUT2D eigenvalue weighted by molar-refractivity contribution is 5.90. The van der Waals surface area contributed by atoms with Crippen LogP contribution in [0, 0.1) is 0 Å². The van der Waals surface area contributed by atoms with Crippen LogP contribution in [0.3, 0.4) is 0 Å². The first-order valence-electron chi connectivity index (χ1n) is 7.86. The highest BCUT2D eigenvalue weighted by Gasteiger charge is 2.48. The first-order valence-corrected chi connectivity index (χ1v) is 7.86. The van der Waals surface area contributed by atoms with E-state index in [0.717, 1.165) is 16.6 Å². The Morgan fingerprint density at radius 3 is 2.72 bits per heavy atom. The van der Waals surface area contributed by atoms with Gasteiger partial charge in [0.1, 0.15) is 11.9 Å². The minimum absolute atomic E-state index is 0.261. The van der Waals surface area contributed by atoms with E-state index in [0.29, 0.717) is 16.9 Å². The maximum Gasteiger partial charge on any atom is 0.340 e. The van der Waals surface area contributed by atoms with E-state index in [-0.39, 0.29) is 6.54 Å². The maximum atomic E-state index is 11.8. The van der Waals surface area contributed by atoms with Gasteiger partial charge in [-0.05, 0) is 35.9 Å². The van der Waals surface area contributed by atoms with E-state index in [9.17, 15) is 20.1 Å². The van der Waals surface area contributed by atoms with Gasteiger partial charge >= 0.3 is 5.97 Å². The van der Waals surface area contributed by atoms with Gasteiger partial charge in [-0.2, -0.15) is 0 Å². The van der Waals surface area contributed by atoms with Gasteiger partial charge in [-0.25, -0.2) is 4.79 Å². The van der Waals surface area contributed by atoms with Crippen LogP contribution in [0.15, 0.2) is 48.5 Å². The fraction of sp³-hybridized carbons (Fsp3) is 0.211. The van der Waals surface area contributed by atoms with E-state index < -0.39 is 17.7 Å². The molecule has 6 heteroatoms. The second-order valence-corrected chi connectivity index (χ2v) is 6.26. The highest BCUT2D eigenvalue weighted by Crippen LogP contribution is 2.43. The lowest BCUT2D eigenvalue weighted by Crippen LogP contribution is -2.47. The molecule has 3 N–H and O–H groups in total. The average molecular weight is 339 g/mol. The Hall–Kier alpha value is -2.83. The number of aromatic nitrogens is 1. The molecule has 2 unspecified atom stereocenters. The number of aliphatic hydroxyl groups is 2. The molecule has 0 amide bonds. The van der Waals surface area contributed by atoms with Crippen LogP contribution in [0.2, 0.25) is 0 Å². The summed E-state index contributed by atoms with van der Waals surface area (Å²) in [5.74, 6) is -0.991. The third-order valence-electron chi connectivity index (χ3n) is 4.86. The number of benzene rings is 2. The van der Waals surface area contributed by atoms with Crippen LogP contribution >= 0.6 is 0 Å². The lowest BCUT2D eigenvalue weighted by molar-refractivity contribution is -0.174. The topological polar surface area (TPSA) is 91.9 Å². The number of methoxy groups -OCH3 is 1. The molecule has 2 atom stereocenters. The molecule has 0 saturated heterocycles. The number of aliphatic carboxylic acids is 1. The fourth-order valence-corrected chi connectivity index (χ4v) is 3.50. The molecule has 0 bridgehead atoms. The number of para-hydroxylation sites is 1. The minimum atomic E-state index is -2.35. The Morgan fingerprint density at radius 1 is 1.24 bits per heavy atom. The van der Waals surface area contributed by atoms with Gasteiger partial charge in [0.25, 0.3) is 0 Å². The predicted octanol–water partition coefficient (Wildman–Crippen LogP) is 2.18. The van der Waals surface area contributed by atoms with Gasteiger partial charge < -0.3 is 24.6 Å². The normalized spacial score (nSPS) is 22.1. The van der Waals surface area contributed by atoms with E-state index in [4.69, 9.17) is 4.74 Å². The summed E-state index contributed by atoms with van der Waals surface area (Å²) in [5.41, 5.74) is 0.185. The molecule has 1 aromatic heterocycles. The van der Waals surface area contributed by atoms with Gasteiger partial charge in [-0.15, -0.1) is 0 Å². The number of nitrogens with zero attached hydrogens (tertiary/aromatic N) is 1. The van der Waals surface area contributed by atoms with Gasteiger partial charge in [-0.1, -0.05) is 18.2 Å². The largest absolute Gasteiger partial charge is 0.497 e. The summed E-state index contributed by atoms with van der Waals surface area (Å²) >= 11 is 0. The van der Waals surface area contributed by atoms with E-state index >= 15 is 0 Å². The van der Waals surface area contributed by atoms with Gasteiger partial charge in [0.05, 0.1) is 13.7 Å². The summed E-state index contributed by atoms with van der Waals surface area (Å²) in [7, 11) is 1.49. The van der Waals surface area contributed by atoms with Crippen LogP contribution in [0.5, 0.6) is 5.75 Å². The van der Waals surface area contributed by atoms with E-state index in [1.54, 1.807) is 22.8 Å². The average Bonchev–Trinajstić information content (AvgIpc) is 2.94. The summed E-state index contributed by atoms with van der Waals surface area (Å²) in [6.07, 6.45) is -1.59. The minimum Gasteiger partial charge on any atom is -0.497 e. The van der Waals surface area contributed by atoms with Crippen LogP contribution in [-0.4, -0.2) is 38.6 Å². The molecular formula is C19H17NO5. The molecule has 128 valence electrons. The molecule has 1 aliphatic heterocycles. The van der Waals surface area contributed by atoms with Crippen LogP contribution in [-0.2, 0) is 11.3 Å². The summed E-state index contributed by atoms with van der Waals surface area (Å²) < 4.78 is 6.94. The van der Waals surface area contributed by atoms with Crippen molar-refractivity contribution < 1.29 is 24.9 Å². The highest BCUT2D eigenvalue weighted by atomic mass is 16.5. The first kappa shape index (κ1) is 15.7. The van der Waals surface area contributed by atoms with Crippen molar-refractivity contribution in [1.29, 1.82) is 0 Å². The summed E-state index contributed by atoms with van der Waals surface area (Å²) in [6.45, 7) is -0.261. The Morgan fingerprint density at radius 2 is 2.00 bits per heavy atom. The number of carboxylic acids is 1. The second-order valence-electron chi connectivity index (χ2n) is 6.26. The summed E-state index contributed by atoms with van der Waals surface area (Å²) in [6, 6.07) is 14.6. The van der Waals surface area contributed by atoms with E-state index in [2.05, 4.69) is 0 Å². The Labute approximate surface area is 143 Å². The Kier molecular flexibility index (Phi) is 3.35. The number of hydrogen-bond donors (Lipinski definition) is 3. The lowest BCUT2D eigenvalue weighted by Gasteiger charge is -2.28. The summed E-state index contributed by atoms with van der Waals surface area (Å²) in [5, 5.41) is 32.1. The SMILES string of the molecule is COc1ccc2c(c1)C(O)C(O)(C(=O)O)Cn1c-2cc2ccccc21. The van der Waals surface area contributed by atoms with Gasteiger partial charge in [0.15, 0.2) is 0 Å². The number of hydrogen-bond acceptors (Lipinski definition) is 4. The lowest BCUT2D eigenvalue weighted by atomic mass is 9.89.